The molecular weight excluding hydrogens is 112 g/mol. The van der Waals surface area contributed by atoms with E-state index in [9.17, 15) is 0 Å². The second-order valence-electron chi connectivity index (χ2n) is 2.27. The molecule has 0 radical (unpaired) electrons. The molecule has 0 spiro atoms. The van der Waals surface area contributed by atoms with E-state index in [-0.39, 0.29) is 0 Å². The molecule has 1 rings (SSSR count). The molecule has 0 unspecified atom stereocenters. The van der Waals surface area contributed by atoms with E-state index in [0.717, 1.165) is 0 Å². The molecule has 0 aromatic carbocycles. The van der Waals surface area contributed by atoms with Crippen molar-refractivity contribution >= 4 is 18.5 Å². The van der Waals surface area contributed by atoms with Gasteiger partial charge in [-0.1, -0.05) is 13.0 Å². The van der Waals surface area contributed by atoms with Gasteiger partial charge in [0, 0.05) is 0 Å². The van der Waals surface area contributed by atoms with Crippen LogP contribution in [-0.4, -0.2) is 7.38 Å². The molecule has 1 aliphatic heterocycles. The van der Waals surface area contributed by atoms with Crippen molar-refractivity contribution in [3.63, 3.8) is 0 Å². The number of hydrogen-bond acceptors (Lipinski definition) is 0. The lowest BCUT2D eigenvalue weighted by Crippen LogP contribution is -2.29. The Morgan fingerprint density at radius 2 is 1.83 bits per heavy atom. The Labute approximate surface area is 44.2 Å². The van der Waals surface area contributed by atoms with Gasteiger partial charge in [0.25, 0.3) is 0 Å². The molecule has 1 fully saturated rings. The Morgan fingerprint density at radius 3 is 1.83 bits per heavy atom. The lowest BCUT2D eigenvalue weighted by Gasteiger charge is -2.27. The summed E-state index contributed by atoms with van der Waals surface area (Å²) in [7, 11) is -0.978. The second-order valence-corrected chi connectivity index (χ2v) is 8.83. The summed E-state index contributed by atoms with van der Waals surface area (Å²) in [6.07, 6.45) is 1.40. The van der Waals surface area contributed by atoms with Crippen LogP contribution in [0.1, 0.15) is 6.42 Å². The zero-order chi connectivity index (χ0) is 4.62. The molecule has 0 saturated carbocycles. The van der Waals surface area contributed by atoms with Gasteiger partial charge < -0.3 is 0 Å². The van der Waals surface area contributed by atoms with E-state index < -0.39 is 7.38 Å². The summed E-state index contributed by atoms with van der Waals surface area (Å²) in [4.78, 5) is 0. The van der Waals surface area contributed by atoms with Gasteiger partial charge in [0.1, 0.15) is 0 Å². The maximum Gasteiger partial charge on any atom is 0.153 e. The highest BCUT2D eigenvalue weighted by atomic mass is 35.6. The number of rotatable bonds is 0. The molecule has 36 valence electrons. The Hall–Kier alpha value is 0.507. The minimum Gasteiger partial charge on any atom is -0.167 e. The van der Waals surface area contributed by atoms with E-state index in [2.05, 4.69) is 6.55 Å². The molecule has 1 aliphatic rings. The monoisotopic (exact) mass is 120 g/mol. The summed E-state index contributed by atoms with van der Waals surface area (Å²) in [5.41, 5.74) is 0. The zero-order valence-electron chi connectivity index (χ0n) is 4.00. The third-order valence-electron chi connectivity index (χ3n) is 1.40. The van der Waals surface area contributed by atoms with Crippen LogP contribution in [-0.2, 0) is 0 Å². The topological polar surface area (TPSA) is 0 Å². The quantitative estimate of drug-likeness (QED) is 0.340. The Balaban J connectivity index is 2.31. The van der Waals surface area contributed by atoms with Gasteiger partial charge in [-0.25, -0.2) is 0 Å². The van der Waals surface area contributed by atoms with Crippen molar-refractivity contribution in [3.05, 3.63) is 0 Å². The first kappa shape index (κ1) is 4.66. The third-order valence-corrected chi connectivity index (χ3v) is 5.32. The minimum absolute atomic E-state index is 0.978. The van der Waals surface area contributed by atoms with Crippen molar-refractivity contribution in [3.8, 4) is 0 Å². The van der Waals surface area contributed by atoms with Crippen molar-refractivity contribution in [1.82, 2.24) is 0 Å². The molecular formula is C4H9ClSi. The molecule has 0 aromatic heterocycles. The highest BCUT2D eigenvalue weighted by Crippen LogP contribution is 2.34. The molecule has 0 aromatic rings. The molecule has 1 saturated heterocycles. The van der Waals surface area contributed by atoms with E-state index in [4.69, 9.17) is 11.1 Å². The van der Waals surface area contributed by atoms with Crippen LogP contribution >= 0.6 is 11.1 Å². The molecule has 0 atom stereocenters. The number of halogens is 1. The van der Waals surface area contributed by atoms with Crippen LogP contribution in [0.5, 0.6) is 0 Å². The van der Waals surface area contributed by atoms with E-state index in [1.54, 1.807) is 0 Å². The standard InChI is InChI=1S/C4H9ClSi/c1-6(5)3-2-4-6/h2-4H2,1H3. The predicted octanol–water partition coefficient (Wildman–Crippen LogP) is 2.20. The lowest BCUT2D eigenvalue weighted by atomic mass is 10.5. The van der Waals surface area contributed by atoms with Crippen LogP contribution in [0.25, 0.3) is 0 Å². The van der Waals surface area contributed by atoms with Crippen LogP contribution in [0.15, 0.2) is 0 Å². The Bertz CT molecular complexity index is 54.6. The van der Waals surface area contributed by atoms with Gasteiger partial charge in [-0.3, -0.25) is 0 Å². The number of hydrogen-bond donors (Lipinski definition) is 0. The SMILES string of the molecule is C[Si]1(Cl)CCC1. The van der Waals surface area contributed by atoms with Crippen molar-refractivity contribution in [2.24, 2.45) is 0 Å². The predicted molar refractivity (Wildman–Crippen MR) is 31.7 cm³/mol. The first-order valence-corrected chi connectivity index (χ1v) is 6.32. The van der Waals surface area contributed by atoms with Crippen molar-refractivity contribution in [1.29, 1.82) is 0 Å². The van der Waals surface area contributed by atoms with Crippen LogP contribution in [0, 0.1) is 0 Å². The molecule has 0 N–H and O–H groups in total. The van der Waals surface area contributed by atoms with Crippen LogP contribution in [0.4, 0.5) is 0 Å². The molecule has 6 heavy (non-hydrogen) atoms. The summed E-state index contributed by atoms with van der Waals surface area (Å²) in [5, 5.41) is 0. The summed E-state index contributed by atoms with van der Waals surface area (Å²) in [6, 6.07) is 2.71. The highest BCUT2D eigenvalue weighted by Gasteiger charge is 2.31. The zero-order valence-corrected chi connectivity index (χ0v) is 5.76. The van der Waals surface area contributed by atoms with Gasteiger partial charge in [-0.05, 0) is 12.1 Å². The van der Waals surface area contributed by atoms with E-state index in [1.165, 1.54) is 18.5 Å². The van der Waals surface area contributed by atoms with Gasteiger partial charge >= 0.3 is 0 Å². The largest absolute Gasteiger partial charge is 0.167 e. The summed E-state index contributed by atoms with van der Waals surface area (Å²) in [5.74, 6) is 0. The summed E-state index contributed by atoms with van der Waals surface area (Å²) in [6.45, 7) is 2.23. The van der Waals surface area contributed by atoms with Gasteiger partial charge in [-0.2, -0.15) is 11.1 Å². The fraction of sp³-hybridized carbons (Fsp3) is 1.00. The molecule has 0 nitrogen and oxygen atoms in total. The van der Waals surface area contributed by atoms with Crippen LogP contribution in [0.2, 0.25) is 18.6 Å². The Morgan fingerprint density at radius 1 is 1.50 bits per heavy atom. The first-order chi connectivity index (χ1) is 2.71. The van der Waals surface area contributed by atoms with Crippen molar-refractivity contribution in [2.45, 2.75) is 25.1 Å². The smallest absolute Gasteiger partial charge is 0.153 e. The average Bonchev–Trinajstić information content (AvgIpc) is 1.32. The molecule has 0 bridgehead atoms. The fourth-order valence-corrected chi connectivity index (χ4v) is 2.79. The van der Waals surface area contributed by atoms with Crippen LogP contribution < -0.4 is 0 Å². The minimum atomic E-state index is -0.978. The second kappa shape index (κ2) is 1.24. The third kappa shape index (κ3) is 0.766. The maximum atomic E-state index is 5.94. The molecule has 1 heterocycles. The van der Waals surface area contributed by atoms with Gasteiger partial charge in [0.2, 0.25) is 0 Å². The molecule has 0 amide bonds. The fourth-order valence-electron chi connectivity index (χ4n) is 0.664. The first-order valence-electron chi connectivity index (χ1n) is 2.40. The maximum absolute atomic E-state index is 5.94. The highest BCUT2D eigenvalue weighted by molar-refractivity contribution is 7.21. The van der Waals surface area contributed by atoms with Crippen LogP contribution in [0.3, 0.4) is 0 Å². The van der Waals surface area contributed by atoms with Gasteiger partial charge in [0.15, 0.2) is 7.38 Å². The lowest BCUT2D eigenvalue weighted by molar-refractivity contribution is 0.930. The summed E-state index contributed by atoms with van der Waals surface area (Å²) < 4.78 is 0. The molecule has 2 heteroatoms. The van der Waals surface area contributed by atoms with E-state index in [1.807, 2.05) is 0 Å². The Kier molecular flexibility index (Phi) is 0.961. The van der Waals surface area contributed by atoms with Gasteiger partial charge in [0.05, 0.1) is 0 Å². The molecule has 0 aliphatic carbocycles. The van der Waals surface area contributed by atoms with Crippen molar-refractivity contribution in [2.75, 3.05) is 0 Å². The van der Waals surface area contributed by atoms with E-state index >= 15 is 0 Å². The normalized spacial score (nSPS) is 29.0. The summed E-state index contributed by atoms with van der Waals surface area (Å²) >= 11 is 5.94. The average molecular weight is 121 g/mol. The van der Waals surface area contributed by atoms with Gasteiger partial charge in [-0.15, -0.1) is 0 Å². The van der Waals surface area contributed by atoms with E-state index in [0.29, 0.717) is 0 Å². The van der Waals surface area contributed by atoms with Crippen molar-refractivity contribution < 1.29 is 0 Å².